The fourth-order valence-corrected chi connectivity index (χ4v) is 2.78. The van der Waals surface area contributed by atoms with Crippen LogP contribution >= 0.6 is 39.1 Å². The van der Waals surface area contributed by atoms with Crippen molar-refractivity contribution in [1.29, 1.82) is 0 Å². The maximum absolute atomic E-state index is 9.35. The molecule has 5 heteroatoms. The molecule has 20 heavy (non-hydrogen) atoms. The summed E-state index contributed by atoms with van der Waals surface area (Å²) in [5.41, 5.74) is 1.88. The van der Waals surface area contributed by atoms with E-state index in [9.17, 15) is 5.11 Å². The van der Waals surface area contributed by atoms with Gasteiger partial charge in [-0.25, -0.2) is 0 Å². The number of halogens is 3. The minimum atomic E-state index is 0.102. The van der Waals surface area contributed by atoms with Gasteiger partial charge in [0.05, 0.1) is 21.8 Å². The number of nitrogens with one attached hydrogen (secondary N) is 1. The molecule has 0 radical (unpaired) electrons. The number of hydrogen-bond donors (Lipinski definition) is 2. The van der Waals surface area contributed by atoms with Crippen molar-refractivity contribution < 1.29 is 5.11 Å². The van der Waals surface area contributed by atoms with Gasteiger partial charge in [0.25, 0.3) is 0 Å². The van der Waals surface area contributed by atoms with Crippen LogP contribution in [-0.2, 0) is 0 Å². The van der Waals surface area contributed by atoms with Crippen LogP contribution in [0.2, 0.25) is 10.0 Å². The lowest BCUT2D eigenvalue weighted by Gasteiger charge is -2.20. The van der Waals surface area contributed by atoms with Crippen LogP contribution in [0.4, 0.5) is 5.69 Å². The molecular formula is C15H14BrCl2NO. The summed E-state index contributed by atoms with van der Waals surface area (Å²) in [7, 11) is 0. The van der Waals surface area contributed by atoms with Crippen LogP contribution in [0.5, 0.6) is 5.75 Å². The van der Waals surface area contributed by atoms with Crippen molar-refractivity contribution in [2.45, 2.75) is 19.4 Å². The zero-order valence-corrected chi connectivity index (χ0v) is 13.9. The average Bonchev–Trinajstić information content (AvgIpc) is 2.45. The van der Waals surface area contributed by atoms with Gasteiger partial charge in [-0.15, -0.1) is 0 Å². The fraction of sp³-hybridized carbons (Fsp3) is 0.200. The predicted molar refractivity (Wildman–Crippen MR) is 88.9 cm³/mol. The summed E-state index contributed by atoms with van der Waals surface area (Å²) < 4.78 is 0.771. The molecule has 0 bridgehead atoms. The van der Waals surface area contributed by atoms with Gasteiger partial charge in [-0.2, -0.15) is 0 Å². The van der Waals surface area contributed by atoms with Crippen LogP contribution in [0.25, 0.3) is 0 Å². The number of phenolic OH excluding ortho intramolecular Hbond substituents is 1. The lowest BCUT2D eigenvalue weighted by Crippen LogP contribution is -2.10. The van der Waals surface area contributed by atoms with Crippen molar-refractivity contribution in [2.24, 2.45) is 0 Å². The van der Waals surface area contributed by atoms with Crippen LogP contribution in [0, 0.1) is 0 Å². The number of anilines is 1. The van der Waals surface area contributed by atoms with Gasteiger partial charge in [-0.05, 0) is 52.2 Å². The largest absolute Gasteiger partial charge is 0.508 e. The van der Waals surface area contributed by atoms with Gasteiger partial charge >= 0.3 is 0 Å². The second-order valence-corrected chi connectivity index (χ2v) is 6.03. The van der Waals surface area contributed by atoms with Crippen molar-refractivity contribution in [3.05, 3.63) is 56.5 Å². The summed E-state index contributed by atoms with van der Waals surface area (Å²) in [4.78, 5) is 0. The first kappa shape index (κ1) is 15.5. The summed E-state index contributed by atoms with van der Waals surface area (Å²) in [6, 6.07) is 11.0. The number of aromatic hydroxyl groups is 1. The van der Waals surface area contributed by atoms with Crippen molar-refractivity contribution in [2.75, 3.05) is 5.32 Å². The first-order valence-corrected chi connectivity index (χ1v) is 7.76. The third-order valence-electron chi connectivity index (χ3n) is 3.07. The van der Waals surface area contributed by atoms with E-state index in [-0.39, 0.29) is 11.8 Å². The van der Waals surface area contributed by atoms with E-state index in [2.05, 4.69) is 28.2 Å². The van der Waals surface area contributed by atoms with Crippen molar-refractivity contribution >= 4 is 44.8 Å². The van der Waals surface area contributed by atoms with E-state index in [1.54, 1.807) is 12.1 Å². The van der Waals surface area contributed by atoms with E-state index in [1.807, 2.05) is 24.3 Å². The molecule has 2 aromatic carbocycles. The molecule has 1 atom stereocenters. The Morgan fingerprint density at radius 3 is 2.35 bits per heavy atom. The van der Waals surface area contributed by atoms with Crippen molar-refractivity contribution in [3.8, 4) is 5.75 Å². The van der Waals surface area contributed by atoms with Crippen molar-refractivity contribution in [3.63, 3.8) is 0 Å². The molecule has 2 N–H and O–H groups in total. The van der Waals surface area contributed by atoms with Crippen LogP contribution in [-0.4, -0.2) is 5.11 Å². The summed E-state index contributed by atoms with van der Waals surface area (Å²) in [6.07, 6.45) is 0.884. The molecule has 0 saturated carbocycles. The Labute approximate surface area is 136 Å². The number of hydrogen-bond acceptors (Lipinski definition) is 2. The van der Waals surface area contributed by atoms with Gasteiger partial charge in [-0.1, -0.05) is 42.3 Å². The molecule has 0 fully saturated rings. The predicted octanol–water partition coefficient (Wildman–Crippen LogP) is 6.02. The monoisotopic (exact) mass is 373 g/mol. The quantitative estimate of drug-likeness (QED) is 0.640. The summed E-state index contributed by atoms with van der Waals surface area (Å²) in [6.45, 7) is 2.08. The summed E-state index contributed by atoms with van der Waals surface area (Å²) in [5, 5.41) is 13.7. The Kier molecular flexibility index (Phi) is 5.19. The van der Waals surface area contributed by atoms with E-state index >= 15 is 0 Å². The Morgan fingerprint density at radius 1 is 1.10 bits per heavy atom. The molecule has 0 aliphatic rings. The lowest BCUT2D eigenvalue weighted by atomic mass is 10.0. The number of phenols is 1. The van der Waals surface area contributed by atoms with Crippen molar-refractivity contribution in [1.82, 2.24) is 0 Å². The molecule has 2 rings (SSSR count). The number of rotatable bonds is 4. The average molecular weight is 375 g/mol. The Bertz CT molecular complexity index is 602. The first-order chi connectivity index (χ1) is 9.52. The zero-order chi connectivity index (χ0) is 14.7. The molecule has 2 nitrogen and oxygen atoms in total. The van der Waals surface area contributed by atoms with Crippen LogP contribution in [0.3, 0.4) is 0 Å². The van der Waals surface area contributed by atoms with Crippen LogP contribution < -0.4 is 5.32 Å². The standard InChI is InChI=1S/C15H14BrCl2NO/c1-2-12(9-3-5-10(20)6-4-9)19-13-8-7-11(16)14(17)15(13)18/h3-8,12,19-20H,2H2,1H3. The highest BCUT2D eigenvalue weighted by atomic mass is 79.9. The minimum Gasteiger partial charge on any atom is -0.508 e. The molecule has 0 aliphatic carbocycles. The Hall–Kier alpha value is -0.900. The maximum atomic E-state index is 9.35. The second-order valence-electron chi connectivity index (χ2n) is 4.42. The molecule has 1 unspecified atom stereocenters. The lowest BCUT2D eigenvalue weighted by molar-refractivity contribution is 0.475. The fourth-order valence-electron chi connectivity index (χ4n) is 1.95. The molecule has 106 valence electrons. The van der Waals surface area contributed by atoms with Gasteiger partial charge in [0.15, 0.2) is 0 Å². The Balaban J connectivity index is 2.27. The minimum absolute atomic E-state index is 0.102. The Morgan fingerprint density at radius 2 is 1.75 bits per heavy atom. The van der Waals surface area contributed by atoms with Gasteiger partial charge in [-0.3, -0.25) is 0 Å². The third-order valence-corrected chi connectivity index (χ3v) is 4.84. The first-order valence-electron chi connectivity index (χ1n) is 6.22. The summed E-state index contributed by atoms with van der Waals surface area (Å²) in [5.74, 6) is 0.258. The van der Waals surface area contributed by atoms with Crippen LogP contribution in [0.1, 0.15) is 24.9 Å². The molecule has 0 heterocycles. The van der Waals surface area contributed by atoms with E-state index in [0.717, 1.165) is 22.1 Å². The van der Waals surface area contributed by atoms with Gasteiger partial charge < -0.3 is 10.4 Å². The topological polar surface area (TPSA) is 32.3 Å². The highest BCUT2D eigenvalue weighted by molar-refractivity contribution is 9.10. The normalized spacial score (nSPS) is 12.2. The zero-order valence-electron chi connectivity index (χ0n) is 10.8. The van der Waals surface area contributed by atoms with E-state index in [4.69, 9.17) is 23.2 Å². The third kappa shape index (κ3) is 3.40. The highest BCUT2D eigenvalue weighted by Gasteiger charge is 2.13. The van der Waals surface area contributed by atoms with E-state index in [0.29, 0.717) is 10.0 Å². The molecule has 0 saturated heterocycles. The molecule has 0 aliphatic heterocycles. The molecular weight excluding hydrogens is 361 g/mol. The molecule has 0 amide bonds. The van der Waals surface area contributed by atoms with E-state index in [1.165, 1.54) is 0 Å². The summed E-state index contributed by atoms with van der Waals surface area (Å²) >= 11 is 15.7. The highest BCUT2D eigenvalue weighted by Crippen LogP contribution is 2.37. The maximum Gasteiger partial charge on any atom is 0.115 e. The molecule has 2 aromatic rings. The van der Waals surface area contributed by atoms with Gasteiger partial charge in [0.1, 0.15) is 5.75 Å². The SMILES string of the molecule is CCC(Nc1ccc(Br)c(Cl)c1Cl)c1ccc(O)cc1. The number of benzene rings is 2. The smallest absolute Gasteiger partial charge is 0.115 e. The molecule has 0 spiro atoms. The van der Waals surface area contributed by atoms with E-state index < -0.39 is 0 Å². The van der Waals surface area contributed by atoms with Crippen LogP contribution in [0.15, 0.2) is 40.9 Å². The van der Waals surface area contributed by atoms with Gasteiger partial charge in [0, 0.05) is 4.47 Å². The second kappa shape index (κ2) is 6.70. The molecule has 0 aromatic heterocycles. The van der Waals surface area contributed by atoms with Gasteiger partial charge in [0.2, 0.25) is 0 Å².